The van der Waals surface area contributed by atoms with E-state index in [-0.39, 0.29) is 56.2 Å². The van der Waals surface area contributed by atoms with Crippen LogP contribution in [0, 0.1) is 6.92 Å². The number of amides is 2. The molecule has 0 saturated heterocycles. The fraction of sp³-hybridized carbons (Fsp3) is 0.0732. The molecule has 0 atom stereocenters. The number of oxazole rings is 2. The molecule has 4 aromatic heterocycles. The average Bonchev–Trinajstić information content (AvgIpc) is 4.02. The lowest BCUT2D eigenvalue weighted by atomic mass is 9.99. The summed E-state index contributed by atoms with van der Waals surface area (Å²) in [6, 6.07) is 22.9. The van der Waals surface area contributed by atoms with Crippen molar-refractivity contribution in [3.8, 4) is 28.0 Å². The van der Waals surface area contributed by atoms with Gasteiger partial charge in [0.25, 0.3) is 11.8 Å². The summed E-state index contributed by atoms with van der Waals surface area (Å²) in [6.07, 6.45) is -4.96. The smallest absolute Gasteiger partial charge is 0.432 e. The van der Waals surface area contributed by atoms with Gasteiger partial charge in [0.2, 0.25) is 0 Å². The Morgan fingerprint density at radius 2 is 1.20 bits per heavy atom. The van der Waals surface area contributed by atoms with Gasteiger partial charge in [-0.2, -0.15) is 0 Å². The van der Waals surface area contributed by atoms with Crippen LogP contribution < -0.4 is 15.4 Å². The first-order valence-corrected chi connectivity index (χ1v) is 19.0. The van der Waals surface area contributed by atoms with Crippen LogP contribution in [0.2, 0.25) is 0 Å². The summed E-state index contributed by atoms with van der Waals surface area (Å²) >= 11 is 1.81. The van der Waals surface area contributed by atoms with Crippen molar-refractivity contribution in [1.29, 1.82) is 0 Å². The highest BCUT2D eigenvalue weighted by Gasteiger charge is 2.33. The van der Waals surface area contributed by atoms with Crippen LogP contribution in [-0.2, 0) is 11.3 Å². The number of benzene rings is 4. The van der Waals surface area contributed by atoms with E-state index in [0.29, 0.717) is 33.3 Å². The lowest BCUT2D eigenvalue weighted by Crippen LogP contribution is -2.19. The molecule has 0 aliphatic rings. The van der Waals surface area contributed by atoms with Crippen LogP contribution in [0.25, 0.3) is 44.5 Å². The third kappa shape index (κ3) is 8.04. The van der Waals surface area contributed by atoms with E-state index in [1.54, 1.807) is 79.0 Å². The zero-order chi connectivity index (χ0) is 41.4. The Morgan fingerprint density at radius 3 is 1.69 bits per heavy atom. The van der Waals surface area contributed by atoms with E-state index in [0.717, 1.165) is 40.4 Å². The normalized spacial score (nSPS) is 11.5. The van der Waals surface area contributed by atoms with Gasteiger partial charge in [-0.1, -0.05) is 48.5 Å². The zero-order valence-electron chi connectivity index (χ0n) is 30.1. The third-order valence-corrected chi connectivity index (χ3v) is 10.6. The van der Waals surface area contributed by atoms with Crippen molar-refractivity contribution in [2.24, 2.45) is 0 Å². The number of rotatable bonds is 10. The third-order valence-electron chi connectivity index (χ3n) is 8.84. The molecule has 18 heteroatoms. The van der Waals surface area contributed by atoms with Gasteiger partial charge in [0.1, 0.15) is 37.9 Å². The molecule has 0 bridgehead atoms. The van der Waals surface area contributed by atoms with Crippen molar-refractivity contribution < 1.29 is 55.8 Å². The van der Waals surface area contributed by atoms with Gasteiger partial charge in [-0.25, -0.2) is 19.6 Å². The summed E-state index contributed by atoms with van der Waals surface area (Å²) < 4.78 is 59.4. The van der Waals surface area contributed by atoms with Crippen molar-refractivity contribution in [3.05, 3.63) is 136 Å². The van der Waals surface area contributed by atoms with Gasteiger partial charge in [-0.15, -0.1) is 35.8 Å². The molecule has 0 radical (unpaired) electrons. The number of carbonyl (C=O) groups is 4. The second kappa shape index (κ2) is 15.7. The maximum absolute atomic E-state index is 14.3. The molecule has 13 nitrogen and oxygen atoms in total. The standard InChI is InChI=1S/C41H25F3N4O9S2/c1-20-10-11-22(16-23(20)17-49)26-19-59-38(48-34(51)36-46-28-7-3-5-9-30(28)55-36)32(26)40(53)56-39(52)31-25(21-12-14-24(15-13-21)57-41(42,43)44)18-58-37(31)47-33(50)35-45-27-6-2-4-8-29(27)54-35/h2-16,18-19,49H,17H2,1H3,(H,47,50)(H,48,51). The summed E-state index contributed by atoms with van der Waals surface area (Å²) in [4.78, 5) is 63.8. The number of para-hydroxylation sites is 4. The van der Waals surface area contributed by atoms with Crippen LogP contribution in [-0.4, -0.2) is 45.2 Å². The van der Waals surface area contributed by atoms with Crippen LogP contribution >= 0.6 is 22.7 Å². The Labute approximate surface area is 337 Å². The summed E-state index contributed by atoms with van der Waals surface area (Å²) in [5.41, 5.74) is 3.21. The largest absolute Gasteiger partial charge is 0.573 e. The molecule has 0 aliphatic carbocycles. The van der Waals surface area contributed by atoms with E-state index >= 15 is 0 Å². The van der Waals surface area contributed by atoms with Crippen LogP contribution in [0.5, 0.6) is 5.75 Å². The maximum atomic E-state index is 14.3. The van der Waals surface area contributed by atoms with E-state index in [9.17, 15) is 37.5 Å². The molecule has 4 heterocycles. The van der Waals surface area contributed by atoms with Gasteiger partial charge in [0.15, 0.2) is 11.2 Å². The van der Waals surface area contributed by atoms with Gasteiger partial charge in [-0.3, -0.25) is 9.59 Å². The molecule has 4 aromatic carbocycles. The van der Waals surface area contributed by atoms with Crippen LogP contribution in [0.15, 0.2) is 111 Å². The molecule has 0 fully saturated rings. The molecule has 59 heavy (non-hydrogen) atoms. The minimum absolute atomic E-state index is 0.0357. The lowest BCUT2D eigenvalue weighted by molar-refractivity contribution is -0.274. The monoisotopic (exact) mass is 838 g/mol. The van der Waals surface area contributed by atoms with Gasteiger partial charge < -0.3 is 34.0 Å². The van der Waals surface area contributed by atoms with Crippen molar-refractivity contribution in [2.75, 3.05) is 10.6 Å². The minimum Gasteiger partial charge on any atom is -0.432 e. The lowest BCUT2D eigenvalue weighted by Gasteiger charge is -2.12. The summed E-state index contributed by atoms with van der Waals surface area (Å²) in [5.74, 6) is -5.31. The van der Waals surface area contributed by atoms with Crippen molar-refractivity contribution in [2.45, 2.75) is 19.9 Å². The van der Waals surface area contributed by atoms with E-state index < -0.39 is 35.9 Å². The number of nitrogens with zero attached hydrogens (tertiary/aromatic N) is 2. The topological polar surface area (TPSA) is 183 Å². The molecule has 8 rings (SSSR count). The summed E-state index contributed by atoms with van der Waals surface area (Å²) in [5, 5.41) is 18.0. The number of aromatic nitrogens is 2. The Balaban J connectivity index is 1.16. The molecule has 0 saturated carbocycles. The number of aliphatic hydroxyl groups is 1. The summed E-state index contributed by atoms with van der Waals surface area (Å²) in [7, 11) is 0. The number of hydrogen-bond acceptors (Lipinski definition) is 13. The number of anilines is 2. The second-order valence-electron chi connectivity index (χ2n) is 12.6. The van der Waals surface area contributed by atoms with E-state index in [1.165, 1.54) is 17.5 Å². The molecular weight excluding hydrogens is 814 g/mol. The molecule has 0 aliphatic heterocycles. The summed E-state index contributed by atoms with van der Waals surface area (Å²) in [6.45, 7) is 1.48. The van der Waals surface area contributed by atoms with Gasteiger partial charge in [-0.05, 0) is 71.6 Å². The number of aliphatic hydroxyl groups excluding tert-OH is 1. The molecule has 2 amide bonds. The predicted octanol–water partition coefficient (Wildman–Crippen LogP) is 9.63. The van der Waals surface area contributed by atoms with Crippen LogP contribution in [0.3, 0.4) is 0 Å². The number of nitrogens with one attached hydrogen (secondary N) is 2. The quantitative estimate of drug-likeness (QED) is 0.0881. The van der Waals surface area contributed by atoms with Gasteiger partial charge in [0, 0.05) is 21.9 Å². The number of alkyl halides is 3. The molecule has 8 aromatic rings. The molecule has 296 valence electrons. The number of aryl methyl sites for hydroxylation is 1. The van der Waals surface area contributed by atoms with Crippen molar-refractivity contribution in [3.63, 3.8) is 0 Å². The molecule has 0 spiro atoms. The molecular formula is C41H25F3N4O9S2. The van der Waals surface area contributed by atoms with Gasteiger partial charge in [0.05, 0.1) is 6.61 Å². The van der Waals surface area contributed by atoms with E-state index in [1.807, 2.05) is 0 Å². The number of fused-ring (bicyclic) bond motifs is 2. The number of hydrogen-bond donors (Lipinski definition) is 3. The van der Waals surface area contributed by atoms with E-state index in [2.05, 4.69) is 25.3 Å². The highest BCUT2D eigenvalue weighted by molar-refractivity contribution is 7.15. The average molecular weight is 839 g/mol. The fourth-order valence-electron chi connectivity index (χ4n) is 6.01. The fourth-order valence-corrected chi connectivity index (χ4v) is 7.92. The first kappa shape index (κ1) is 38.7. The highest BCUT2D eigenvalue weighted by atomic mass is 32.1. The SMILES string of the molecule is Cc1ccc(-c2csc(NC(=O)c3nc4ccccc4o3)c2C(=O)OC(=O)c2c(-c3ccc(OC(F)(F)F)cc3)csc2NC(=O)c2nc3ccccc3o2)cc1CO. The first-order valence-electron chi connectivity index (χ1n) is 17.3. The maximum Gasteiger partial charge on any atom is 0.573 e. The second-order valence-corrected chi connectivity index (χ2v) is 14.4. The number of halogens is 3. The first-order chi connectivity index (χ1) is 28.3. The highest BCUT2D eigenvalue weighted by Crippen LogP contribution is 2.40. The zero-order valence-corrected chi connectivity index (χ0v) is 31.7. The minimum atomic E-state index is -4.96. The Hall–Kier alpha value is -7.15. The van der Waals surface area contributed by atoms with Crippen LogP contribution in [0.1, 0.15) is 53.2 Å². The Bertz CT molecular complexity index is 2870. The Kier molecular flexibility index (Phi) is 10.3. The number of esters is 2. The van der Waals surface area contributed by atoms with Crippen molar-refractivity contribution >= 4 is 78.6 Å². The Morgan fingerprint density at radius 1 is 0.712 bits per heavy atom. The van der Waals surface area contributed by atoms with Crippen LogP contribution in [0.4, 0.5) is 23.2 Å². The number of thiophene rings is 2. The molecule has 3 N–H and O–H groups in total. The predicted molar refractivity (Wildman–Crippen MR) is 211 cm³/mol. The number of ether oxygens (including phenoxy) is 2. The van der Waals surface area contributed by atoms with Crippen molar-refractivity contribution in [1.82, 2.24) is 9.97 Å². The number of carbonyl (C=O) groups excluding carboxylic acids is 4. The molecule has 0 unspecified atom stereocenters. The van der Waals surface area contributed by atoms with Gasteiger partial charge >= 0.3 is 30.1 Å². The van der Waals surface area contributed by atoms with E-state index in [4.69, 9.17) is 13.6 Å².